The Morgan fingerprint density at radius 1 is 0.500 bits per heavy atom. The van der Waals surface area contributed by atoms with Crippen LogP contribution in [0, 0.1) is 0 Å². The molecule has 2 nitrogen and oxygen atoms in total. The molecule has 0 aromatic rings. The Hall–Kier alpha value is 0.210. The van der Waals surface area contributed by atoms with Crippen molar-refractivity contribution in [2.24, 2.45) is 0 Å². The SMILES string of the molecule is CCCCCCCCCCCCCCCCCC[N+](CC)(CC)CO.[Cl-]. The molecule has 0 spiro atoms. The highest BCUT2D eigenvalue weighted by atomic mass is 35.5. The zero-order chi connectivity index (χ0) is 18.6. The zero-order valence-electron chi connectivity index (χ0n) is 18.4. The highest BCUT2D eigenvalue weighted by Gasteiger charge is 2.20. The van der Waals surface area contributed by atoms with Crippen LogP contribution in [0.3, 0.4) is 0 Å². The van der Waals surface area contributed by atoms with Crippen molar-refractivity contribution < 1.29 is 22.0 Å². The van der Waals surface area contributed by atoms with Crippen molar-refractivity contribution in [2.45, 2.75) is 124 Å². The third kappa shape index (κ3) is 16.4. The molecule has 1 N–H and O–H groups in total. The quantitative estimate of drug-likeness (QED) is 0.188. The van der Waals surface area contributed by atoms with Crippen LogP contribution in [-0.4, -0.2) is 36.0 Å². The molecule has 0 saturated carbocycles. The number of hydrogen-bond acceptors (Lipinski definition) is 1. The van der Waals surface area contributed by atoms with Crippen molar-refractivity contribution in [2.75, 3.05) is 26.4 Å². The highest BCUT2D eigenvalue weighted by molar-refractivity contribution is 4.50. The molecule has 0 unspecified atom stereocenters. The van der Waals surface area contributed by atoms with E-state index in [0.717, 1.165) is 24.1 Å². The zero-order valence-corrected chi connectivity index (χ0v) is 19.2. The molecule has 0 atom stereocenters. The molecule has 160 valence electrons. The summed E-state index contributed by atoms with van der Waals surface area (Å²) >= 11 is 0. The van der Waals surface area contributed by atoms with Gasteiger partial charge in [-0.25, -0.2) is 0 Å². The maximum Gasteiger partial charge on any atom is 0.180 e. The largest absolute Gasteiger partial charge is 1.00 e. The summed E-state index contributed by atoms with van der Waals surface area (Å²) < 4.78 is 0.888. The second-order valence-electron chi connectivity index (χ2n) is 8.14. The first-order valence-electron chi connectivity index (χ1n) is 11.7. The lowest BCUT2D eigenvalue weighted by atomic mass is 10.0. The summed E-state index contributed by atoms with van der Waals surface area (Å²) in [5.74, 6) is 0. The van der Waals surface area contributed by atoms with Gasteiger partial charge in [-0.2, -0.15) is 0 Å². The monoisotopic (exact) mass is 391 g/mol. The Morgan fingerprint density at radius 2 is 0.808 bits per heavy atom. The first-order valence-corrected chi connectivity index (χ1v) is 11.7. The predicted octanol–water partition coefficient (Wildman–Crippen LogP) is 4.06. The molecular weight excluding hydrogens is 342 g/mol. The van der Waals surface area contributed by atoms with Crippen LogP contribution in [0.4, 0.5) is 0 Å². The Kier molecular flexibility index (Phi) is 23.5. The van der Waals surface area contributed by atoms with E-state index in [1.165, 1.54) is 103 Å². The Bertz CT molecular complexity index is 248. The van der Waals surface area contributed by atoms with Gasteiger partial charge < -0.3 is 22.0 Å². The molecule has 3 heteroatoms. The van der Waals surface area contributed by atoms with Crippen molar-refractivity contribution >= 4 is 0 Å². The minimum Gasteiger partial charge on any atom is -1.00 e. The number of rotatable bonds is 20. The molecule has 0 aliphatic rings. The first kappa shape index (κ1) is 28.4. The number of unbranched alkanes of at least 4 members (excludes halogenated alkanes) is 15. The summed E-state index contributed by atoms with van der Waals surface area (Å²) in [7, 11) is 0. The Balaban J connectivity index is 0. The minimum absolute atomic E-state index is 0. The van der Waals surface area contributed by atoms with E-state index >= 15 is 0 Å². The summed E-state index contributed by atoms with van der Waals surface area (Å²) in [6.45, 7) is 10.3. The third-order valence-corrected chi connectivity index (χ3v) is 6.13. The predicted molar refractivity (Wildman–Crippen MR) is 113 cm³/mol. The van der Waals surface area contributed by atoms with Crippen LogP contribution < -0.4 is 12.4 Å². The maximum absolute atomic E-state index is 9.57. The van der Waals surface area contributed by atoms with Gasteiger partial charge in [0.25, 0.3) is 0 Å². The topological polar surface area (TPSA) is 20.2 Å². The normalized spacial score (nSPS) is 11.5. The van der Waals surface area contributed by atoms with Crippen molar-refractivity contribution in [3.8, 4) is 0 Å². The van der Waals surface area contributed by atoms with Crippen LogP contribution in [0.1, 0.15) is 124 Å². The summed E-state index contributed by atoms with van der Waals surface area (Å²) in [5.41, 5.74) is 0. The number of hydrogen-bond donors (Lipinski definition) is 1. The summed E-state index contributed by atoms with van der Waals surface area (Å²) in [5, 5.41) is 9.57. The van der Waals surface area contributed by atoms with Crippen LogP contribution in [0.25, 0.3) is 0 Å². The highest BCUT2D eigenvalue weighted by Crippen LogP contribution is 2.14. The van der Waals surface area contributed by atoms with Crippen molar-refractivity contribution in [1.29, 1.82) is 0 Å². The average molecular weight is 392 g/mol. The number of aliphatic hydroxyl groups excluding tert-OH is 1. The standard InChI is InChI=1S/C23H50NO.ClH/c1-4-7-8-9-10-11-12-13-14-15-16-17-18-19-20-21-22-24(5-2,6-3)23-25;/h25H,4-23H2,1-3H3;1H/q+1;/p-1. The van der Waals surface area contributed by atoms with Gasteiger partial charge in [-0.1, -0.05) is 96.8 Å². The maximum atomic E-state index is 9.57. The van der Waals surface area contributed by atoms with Crippen LogP contribution >= 0.6 is 0 Å². The van der Waals surface area contributed by atoms with Gasteiger partial charge in [0.15, 0.2) is 6.73 Å². The van der Waals surface area contributed by atoms with Crippen molar-refractivity contribution in [1.82, 2.24) is 0 Å². The second-order valence-corrected chi connectivity index (χ2v) is 8.14. The molecule has 0 rings (SSSR count). The fourth-order valence-corrected chi connectivity index (χ4v) is 3.81. The fourth-order valence-electron chi connectivity index (χ4n) is 3.81. The van der Waals surface area contributed by atoms with E-state index in [4.69, 9.17) is 0 Å². The smallest absolute Gasteiger partial charge is 0.180 e. The molecule has 0 aromatic carbocycles. The molecule has 0 bridgehead atoms. The third-order valence-electron chi connectivity index (χ3n) is 6.13. The fraction of sp³-hybridized carbons (Fsp3) is 1.00. The van der Waals surface area contributed by atoms with E-state index in [-0.39, 0.29) is 12.4 Å². The molecule has 26 heavy (non-hydrogen) atoms. The van der Waals surface area contributed by atoms with E-state index in [1.54, 1.807) is 0 Å². The van der Waals surface area contributed by atoms with E-state index in [0.29, 0.717) is 6.73 Å². The van der Waals surface area contributed by atoms with E-state index in [1.807, 2.05) is 0 Å². The minimum atomic E-state index is 0. The molecule has 0 saturated heterocycles. The van der Waals surface area contributed by atoms with Gasteiger partial charge in [0, 0.05) is 0 Å². The molecule has 0 fully saturated rings. The van der Waals surface area contributed by atoms with Gasteiger partial charge in [-0.15, -0.1) is 0 Å². The number of quaternary nitrogens is 1. The molecule has 0 aromatic heterocycles. The Morgan fingerprint density at radius 3 is 1.08 bits per heavy atom. The summed E-state index contributed by atoms with van der Waals surface area (Å²) in [6.07, 6.45) is 22.8. The van der Waals surface area contributed by atoms with E-state index < -0.39 is 0 Å². The number of nitrogens with zero attached hydrogens (tertiary/aromatic N) is 1. The van der Waals surface area contributed by atoms with E-state index in [2.05, 4.69) is 20.8 Å². The molecule has 0 radical (unpaired) electrons. The van der Waals surface area contributed by atoms with Crippen LogP contribution in [0.2, 0.25) is 0 Å². The molecular formula is C23H50ClNO. The lowest BCUT2D eigenvalue weighted by molar-refractivity contribution is -0.942. The van der Waals surface area contributed by atoms with Gasteiger partial charge in [-0.3, -0.25) is 0 Å². The average Bonchev–Trinajstić information content (AvgIpc) is 2.65. The lowest BCUT2D eigenvalue weighted by Crippen LogP contribution is -3.00. The summed E-state index contributed by atoms with van der Waals surface area (Å²) in [4.78, 5) is 0. The second kappa shape index (κ2) is 21.5. The van der Waals surface area contributed by atoms with Crippen molar-refractivity contribution in [3.05, 3.63) is 0 Å². The van der Waals surface area contributed by atoms with Crippen LogP contribution in [0.5, 0.6) is 0 Å². The summed E-state index contributed by atoms with van der Waals surface area (Å²) in [6, 6.07) is 0. The molecule has 0 heterocycles. The van der Waals surface area contributed by atoms with Gasteiger partial charge >= 0.3 is 0 Å². The van der Waals surface area contributed by atoms with Crippen LogP contribution in [-0.2, 0) is 0 Å². The number of aliphatic hydroxyl groups is 1. The Labute approximate surface area is 172 Å². The molecule has 0 aliphatic heterocycles. The van der Waals surface area contributed by atoms with E-state index in [9.17, 15) is 5.11 Å². The first-order chi connectivity index (χ1) is 12.2. The van der Waals surface area contributed by atoms with Crippen molar-refractivity contribution in [3.63, 3.8) is 0 Å². The van der Waals surface area contributed by atoms with Gasteiger partial charge in [0.1, 0.15) is 0 Å². The van der Waals surface area contributed by atoms with Gasteiger partial charge in [0.2, 0.25) is 0 Å². The van der Waals surface area contributed by atoms with Crippen LogP contribution in [0.15, 0.2) is 0 Å². The molecule has 0 aliphatic carbocycles. The molecule has 0 amide bonds. The van der Waals surface area contributed by atoms with Gasteiger partial charge in [-0.05, 0) is 26.7 Å². The lowest BCUT2D eigenvalue weighted by Gasteiger charge is -2.34. The van der Waals surface area contributed by atoms with Gasteiger partial charge in [0.05, 0.1) is 19.6 Å². The number of halogens is 1.